The molecular weight excluding hydrogens is 204 g/mol. The predicted octanol–water partition coefficient (Wildman–Crippen LogP) is 1.32. The molecule has 0 unspecified atom stereocenters. The third kappa shape index (κ3) is 3.76. The third-order valence-electron chi connectivity index (χ3n) is 3.50. The number of carboxylic acids is 1. The Bertz CT molecular complexity index is 223. The first-order valence-electron chi connectivity index (χ1n) is 6.31. The molecule has 0 spiro atoms. The van der Waals surface area contributed by atoms with Gasteiger partial charge in [0.2, 0.25) is 0 Å². The minimum Gasteiger partial charge on any atom is -0.481 e. The van der Waals surface area contributed by atoms with E-state index in [1.54, 1.807) is 0 Å². The van der Waals surface area contributed by atoms with Gasteiger partial charge in [0.05, 0.1) is 6.42 Å². The number of likely N-dealkylation sites (tertiary alicyclic amines) is 1. The quantitative estimate of drug-likeness (QED) is 0.720. The van der Waals surface area contributed by atoms with Crippen LogP contribution in [0.25, 0.3) is 0 Å². The van der Waals surface area contributed by atoms with Gasteiger partial charge >= 0.3 is 5.97 Å². The molecule has 0 aliphatic carbocycles. The van der Waals surface area contributed by atoms with Crippen LogP contribution in [0.1, 0.15) is 39.5 Å². The fourth-order valence-electron chi connectivity index (χ4n) is 2.39. The highest BCUT2D eigenvalue weighted by Gasteiger charge is 2.35. The van der Waals surface area contributed by atoms with E-state index < -0.39 is 5.97 Å². The number of rotatable bonds is 6. The van der Waals surface area contributed by atoms with E-state index in [0.29, 0.717) is 0 Å². The minimum absolute atomic E-state index is 0.159. The third-order valence-corrected chi connectivity index (χ3v) is 3.50. The lowest BCUT2D eigenvalue weighted by atomic mass is 9.84. The highest BCUT2D eigenvalue weighted by Crippen LogP contribution is 2.25. The van der Waals surface area contributed by atoms with Crippen LogP contribution in [-0.2, 0) is 4.79 Å². The summed E-state index contributed by atoms with van der Waals surface area (Å²) in [5.74, 6) is -0.687. The molecule has 0 bridgehead atoms. The molecule has 0 atom stereocenters. The largest absolute Gasteiger partial charge is 0.481 e. The number of hydrogen-bond acceptors (Lipinski definition) is 3. The molecule has 0 aromatic rings. The Labute approximate surface area is 98.0 Å². The fraction of sp³-hybridized carbons (Fsp3) is 0.917. The molecule has 0 saturated carbocycles. The van der Waals surface area contributed by atoms with Crippen molar-refractivity contribution >= 4 is 5.97 Å². The van der Waals surface area contributed by atoms with Gasteiger partial charge in [0.15, 0.2) is 0 Å². The maximum absolute atomic E-state index is 10.9. The van der Waals surface area contributed by atoms with Crippen LogP contribution >= 0.6 is 0 Å². The lowest BCUT2D eigenvalue weighted by Gasteiger charge is -2.41. The monoisotopic (exact) mass is 228 g/mol. The van der Waals surface area contributed by atoms with E-state index in [1.165, 1.54) is 0 Å². The van der Waals surface area contributed by atoms with Gasteiger partial charge in [-0.1, -0.05) is 13.8 Å². The normalized spacial score (nSPS) is 20.9. The minimum atomic E-state index is -0.687. The van der Waals surface area contributed by atoms with Gasteiger partial charge in [-0.25, -0.2) is 0 Å². The molecule has 1 saturated heterocycles. The first-order chi connectivity index (χ1) is 7.62. The number of hydrogen-bond donors (Lipinski definition) is 2. The molecule has 1 aliphatic heterocycles. The van der Waals surface area contributed by atoms with Crippen LogP contribution in [0.15, 0.2) is 0 Å². The molecular formula is C12H24N2O2. The Balaban J connectivity index is 2.55. The second-order valence-corrected chi connectivity index (χ2v) is 4.71. The molecule has 0 aromatic carbocycles. The van der Waals surface area contributed by atoms with Crippen molar-refractivity contribution in [3.8, 4) is 0 Å². The van der Waals surface area contributed by atoms with Crippen molar-refractivity contribution in [3.05, 3.63) is 0 Å². The van der Waals surface area contributed by atoms with Gasteiger partial charge in [0.1, 0.15) is 0 Å². The fourth-order valence-corrected chi connectivity index (χ4v) is 2.39. The van der Waals surface area contributed by atoms with Gasteiger partial charge in [-0.05, 0) is 45.4 Å². The Morgan fingerprint density at radius 3 is 2.44 bits per heavy atom. The summed E-state index contributed by atoms with van der Waals surface area (Å²) in [6.45, 7) is 8.28. The topological polar surface area (TPSA) is 52.6 Å². The Morgan fingerprint density at radius 2 is 2.00 bits per heavy atom. The molecule has 1 fully saturated rings. The van der Waals surface area contributed by atoms with Crippen LogP contribution in [0, 0.1) is 0 Å². The molecule has 1 aliphatic rings. The van der Waals surface area contributed by atoms with Crippen molar-refractivity contribution in [2.75, 3.05) is 26.2 Å². The summed E-state index contributed by atoms with van der Waals surface area (Å²) in [6.07, 6.45) is 3.21. The van der Waals surface area contributed by atoms with E-state index in [2.05, 4.69) is 24.1 Å². The molecule has 0 amide bonds. The van der Waals surface area contributed by atoms with Crippen LogP contribution in [0.3, 0.4) is 0 Å². The summed E-state index contributed by atoms with van der Waals surface area (Å²) in [4.78, 5) is 13.3. The molecule has 4 heteroatoms. The second kappa shape index (κ2) is 6.21. The van der Waals surface area contributed by atoms with Crippen molar-refractivity contribution in [1.82, 2.24) is 10.2 Å². The summed E-state index contributed by atoms with van der Waals surface area (Å²) >= 11 is 0. The smallest absolute Gasteiger partial charge is 0.305 e. The van der Waals surface area contributed by atoms with Crippen molar-refractivity contribution in [2.45, 2.75) is 45.1 Å². The molecule has 2 N–H and O–H groups in total. The molecule has 1 rings (SSSR count). The average molecular weight is 228 g/mol. The molecule has 16 heavy (non-hydrogen) atoms. The first-order valence-corrected chi connectivity index (χ1v) is 6.31. The number of aliphatic carboxylic acids is 1. The summed E-state index contributed by atoms with van der Waals surface area (Å²) in [7, 11) is 0. The lowest BCUT2D eigenvalue weighted by molar-refractivity contribution is -0.139. The molecule has 94 valence electrons. The van der Waals surface area contributed by atoms with E-state index in [4.69, 9.17) is 5.11 Å². The van der Waals surface area contributed by atoms with Gasteiger partial charge in [0, 0.05) is 5.54 Å². The zero-order valence-corrected chi connectivity index (χ0v) is 10.5. The van der Waals surface area contributed by atoms with Gasteiger partial charge < -0.3 is 15.3 Å². The predicted molar refractivity (Wildman–Crippen MR) is 64.6 cm³/mol. The highest BCUT2D eigenvalue weighted by atomic mass is 16.4. The van der Waals surface area contributed by atoms with Crippen LogP contribution in [-0.4, -0.2) is 47.7 Å². The average Bonchev–Trinajstić information content (AvgIpc) is 2.27. The number of nitrogens with zero attached hydrogens (tertiary/aromatic N) is 1. The van der Waals surface area contributed by atoms with E-state index in [1.807, 2.05) is 0 Å². The van der Waals surface area contributed by atoms with Crippen molar-refractivity contribution in [3.63, 3.8) is 0 Å². The van der Waals surface area contributed by atoms with Gasteiger partial charge in [-0.3, -0.25) is 4.79 Å². The summed E-state index contributed by atoms with van der Waals surface area (Å²) in [5, 5.41) is 12.5. The van der Waals surface area contributed by atoms with Crippen LogP contribution < -0.4 is 5.32 Å². The molecule has 0 radical (unpaired) electrons. The number of carbonyl (C=O) groups is 1. The lowest BCUT2D eigenvalue weighted by Crippen LogP contribution is -2.54. The number of piperidine rings is 1. The Morgan fingerprint density at radius 1 is 1.38 bits per heavy atom. The van der Waals surface area contributed by atoms with E-state index in [-0.39, 0.29) is 12.0 Å². The van der Waals surface area contributed by atoms with E-state index >= 15 is 0 Å². The van der Waals surface area contributed by atoms with Crippen molar-refractivity contribution in [2.24, 2.45) is 0 Å². The van der Waals surface area contributed by atoms with Crippen molar-refractivity contribution < 1.29 is 9.90 Å². The molecule has 0 aromatic heterocycles. The number of nitrogens with one attached hydrogen (secondary N) is 1. The SMILES string of the molecule is CCCNC1(CC(=O)O)CCN(CC)CC1. The zero-order valence-electron chi connectivity index (χ0n) is 10.5. The van der Waals surface area contributed by atoms with E-state index in [0.717, 1.165) is 45.4 Å². The van der Waals surface area contributed by atoms with Crippen LogP contribution in [0.2, 0.25) is 0 Å². The van der Waals surface area contributed by atoms with E-state index in [9.17, 15) is 4.79 Å². The van der Waals surface area contributed by atoms with Crippen LogP contribution in [0.5, 0.6) is 0 Å². The summed E-state index contributed by atoms with van der Waals surface area (Å²) < 4.78 is 0. The maximum atomic E-state index is 10.9. The summed E-state index contributed by atoms with van der Waals surface area (Å²) in [6, 6.07) is 0. The number of carboxylic acid groups (broad SMARTS) is 1. The molecule has 1 heterocycles. The second-order valence-electron chi connectivity index (χ2n) is 4.71. The standard InChI is InChI=1S/C12H24N2O2/c1-3-7-13-12(10-11(15)16)5-8-14(4-2)9-6-12/h13H,3-10H2,1-2H3,(H,15,16). The van der Waals surface area contributed by atoms with Gasteiger partial charge in [-0.2, -0.15) is 0 Å². The Hall–Kier alpha value is -0.610. The van der Waals surface area contributed by atoms with Gasteiger partial charge in [-0.15, -0.1) is 0 Å². The first kappa shape index (κ1) is 13.5. The maximum Gasteiger partial charge on any atom is 0.305 e. The molecule has 4 nitrogen and oxygen atoms in total. The van der Waals surface area contributed by atoms with Crippen molar-refractivity contribution in [1.29, 1.82) is 0 Å². The zero-order chi connectivity index (χ0) is 12.0. The summed E-state index contributed by atoms with van der Waals surface area (Å²) in [5.41, 5.74) is -0.159. The van der Waals surface area contributed by atoms with Gasteiger partial charge in [0.25, 0.3) is 0 Å². The Kier molecular flexibility index (Phi) is 5.22. The highest BCUT2D eigenvalue weighted by molar-refractivity contribution is 5.68. The van der Waals surface area contributed by atoms with Crippen LogP contribution in [0.4, 0.5) is 0 Å².